The van der Waals surface area contributed by atoms with Gasteiger partial charge in [-0.1, -0.05) is 17.7 Å². The van der Waals surface area contributed by atoms with E-state index in [2.05, 4.69) is 16.2 Å². The minimum Gasteiger partial charge on any atom is -0.333 e. The maximum absolute atomic E-state index is 5.58. The summed E-state index contributed by atoms with van der Waals surface area (Å²) in [5.74, 6) is 0.465. The number of hydrogen-bond acceptors (Lipinski definition) is 3. The van der Waals surface area contributed by atoms with Crippen molar-refractivity contribution >= 4 is 11.6 Å². The van der Waals surface area contributed by atoms with Crippen molar-refractivity contribution in [1.82, 2.24) is 10.1 Å². The Labute approximate surface area is 86.7 Å². The second kappa shape index (κ2) is 3.42. The molecule has 0 saturated carbocycles. The Hall–Kier alpha value is -1.35. The largest absolute Gasteiger partial charge is 0.333 e. The fourth-order valence-corrected chi connectivity index (χ4v) is 1.48. The van der Waals surface area contributed by atoms with Gasteiger partial charge in [0.05, 0.1) is 0 Å². The van der Waals surface area contributed by atoms with Gasteiger partial charge in [-0.2, -0.15) is 4.98 Å². The topological polar surface area (TPSA) is 38.9 Å². The van der Waals surface area contributed by atoms with Crippen molar-refractivity contribution in [3.8, 4) is 11.5 Å². The van der Waals surface area contributed by atoms with Gasteiger partial charge in [-0.05, 0) is 42.2 Å². The van der Waals surface area contributed by atoms with Gasteiger partial charge in [-0.25, -0.2) is 0 Å². The maximum Gasteiger partial charge on any atom is 0.264 e. The molecule has 1 heterocycles. The van der Waals surface area contributed by atoms with E-state index in [0.717, 1.165) is 11.1 Å². The van der Waals surface area contributed by atoms with Crippen LogP contribution >= 0.6 is 11.6 Å². The summed E-state index contributed by atoms with van der Waals surface area (Å²) in [4.78, 5) is 3.96. The molecule has 1 aromatic carbocycles. The number of hydrogen-bond donors (Lipinski definition) is 0. The third kappa shape index (κ3) is 1.63. The Morgan fingerprint density at radius 3 is 2.64 bits per heavy atom. The fraction of sp³-hybridized carbons (Fsp3) is 0.200. The van der Waals surface area contributed by atoms with Crippen LogP contribution in [0.1, 0.15) is 11.1 Å². The molecule has 1 aromatic heterocycles. The molecule has 0 atom stereocenters. The molecule has 0 N–H and O–H groups in total. The Balaban J connectivity index is 2.52. The average molecular weight is 209 g/mol. The van der Waals surface area contributed by atoms with Crippen LogP contribution in [0.2, 0.25) is 5.28 Å². The van der Waals surface area contributed by atoms with Crippen LogP contribution in [0.4, 0.5) is 0 Å². The number of benzene rings is 1. The third-order valence-electron chi connectivity index (χ3n) is 2.01. The van der Waals surface area contributed by atoms with Crippen LogP contribution < -0.4 is 0 Å². The Kier molecular flexibility index (Phi) is 2.25. The van der Waals surface area contributed by atoms with E-state index >= 15 is 0 Å². The lowest BCUT2D eigenvalue weighted by Crippen LogP contribution is -1.84. The van der Waals surface area contributed by atoms with Crippen LogP contribution in [0.5, 0.6) is 0 Å². The minimum absolute atomic E-state index is 0.139. The van der Waals surface area contributed by atoms with E-state index in [9.17, 15) is 0 Å². The van der Waals surface area contributed by atoms with Crippen LogP contribution in [0.25, 0.3) is 11.5 Å². The molecule has 72 valence electrons. The van der Waals surface area contributed by atoms with Crippen LogP contribution in [0, 0.1) is 13.8 Å². The summed E-state index contributed by atoms with van der Waals surface area (Å²) in [6.45, 7) is 4.04. The second-order valence-electron chi connectivity index (χ2n) is 3.19. The molecular weight excluding hydrogens is 200 g/mol. The van der Waals surface area contributed by atoms with Crippen LogP contribution in [0.15, 0.2) is 22.7 Å². The lowest BCUT2D eigenvalue weighted by atomic mass is 10.1. The highest BCUT2D eigenvalue weighted by atomic mass is 35.5. The molecule has 0 amide bonds. The summed E-state index contributed by atoms with van der Waals surface area (Å²) in [7, 11) is 0. The van der Waals surface area contributed by atoms with E-state index in [1.807, 2.05) is 26.0 Å². The first kappa shape index (κ1) is 9.21. The number of nitrogens with zero attached hydrogens (tertiary/aromatic N) is 2. The van der Waals surface area contributed by atoms with E-state index < -0.39 is 0 Å². The summed E-state index contributed by atoms with van der Waals surface area (Å²) in [5.41, 5.74) is 3.23. The van der Waals surface area contributed by atoms with Crippen molar-refractivity contribution in [1.29, 1.82) is 0 Å². The summed E-state index contributed by atoms with van der Waals surface area (Å²) >= 11 is 5.58. The van der Waals surface area contributed by atoms with Crippen molar-refractivity contribution in [3.63, 3.8) is 0 Å². The lowest BCUT2D eigenvalue weighted by molar-refractivity contribution is 0.430. The average Bonchev–Trinajstić information content (AvgIpc) is 2.51. The highest BCUT2D eigenvalue weighted by Crippen LogP contribution is 2.23. The first-order valence-corrected chi connectivity index (χ1v) is 4.61. The number of halogens is 1. The van der Waals surface area contributed by atoms with Crippen LogP contribution in [-0.2, 0) is 0 Å². The van der Waals surface area contributed by atoms with E-state index in [1.165, 1.54) is 5.56 Å². The van der Waals surface area contributed by atoms with Crippen molar-refractivity contribution in [3.05, 3.63) is 34.6 Å². The Morgan fingerprint density at radius 1 is 1.29 bits per heavy atom. The smallest absolute Gasteiger partial charge is 0.264 e. The van der Waals surface area contributed by atoms with Crippen molar-refractivity contribution < 1.29 is 4.52 Å². The number of aromatic nitrogens is 2. The van der Waals surface area contributed by atoms with E-state index in [0.29, 0.717) is 5.89 Å². The summed E-state index contributed by atoms with van der Waals surface area (Å²) < 4.78 is 4.98. The molecule has 0 aliphatic heterocycles. The van der Waals surface area contributed by atoms with E-state index in [1.54, 1.807) is 0 Å². The number of rotatable bonds is 1. The van der Waals surface area contributed by atoms with Crippen LogP contribution in [0.3, 0.4) is 0 Å². The minimum atomic E-state index is 0.139. The molecule has 3 nitrogen and oxygen atoms in total. The van der Waals surface area contributed by atoms with Gasteiger partial charge in [0.1, 0.15) is 0 Å². The quantitative estimate of drug-likeness (QED) is 0.723. The zero-order valence-electron chi connectivity index (χ0n) is 7.91. The fourth-order valence-electron chi connectivity index (χ4n) is 1.37. The van der Waals surface area contributed by atoms with Gasteiger partial charge in [-0.3, -0.25) is 0 Å². The van der Waals surface area contributed by atoms with Gasteiger partial charge in [0.2, 0.25) is 0 Å². The van der Waals surface area contributed by atoms with Gasteiger partial charge in [0.25, 0.3) is 11.2 Å². The predicted molar refractivity (Wildman–Crippen MR) is 54.2 cm³/mol. The third-order valence-corrected chi connectivity index (χ3v) is 2.17. The highest BCUT2D eigenvalue weighted by molar-refractivity contribution is 6.28. The van der Waals surface area contributed by atoms with Gasteiger partial charge in [0, 0.05) is 5.56 Å². The zero-order chi connectivity index (χ0) is 10.1. The molecule has 0 spiro atoms. The Bertz CT molecular complexity index is 465. The molecule has 0 saturated heterocycles. The molecule has 0 radical (unpaired) electrons. The van der Waals surface area contributed by atoms with Gasteiger partial charge in [-0.15, -0.1) is 0 Å². The molecule has 0 aliphatic carbocycles. The molecule has 2 aromatic rings. The van der Waals surface area contributed by atoms with Gasteiger partial charge >= 0.3 is 0 Å². The van der Waals surface area contributed by atoms with E-state index in [-0.39, 0.29) is 5.28 Å². The van der Waals surface area contributed by atoms with Crippen molar-refractivity contribution in [2.45, 2.75) is 13.8 Å². The second-order valence-corrected chi connectivity index (χ2v) is 3.52. The lowest BCUT2D eigenvalue weighted by Gasteiger charge is -2.00. The summed E-state index contributed by atoms with van der Waals surface area (Å²) in [5, 5.41) is 3.67. The molecule has 2 rings (SSSR count). The Morgan fingerprint density at radius 2 is 2.07 bits per heavy atom. The molecular formula is C10H9ClN2O. The molecule has 0 bridgehead atoms. The summed E-state index contributed by atoms with van der Waals surface area (Å²) in [6.07, 6.45) is 0. The standard InChI is InChI=1S/C10H9ClN2O/c1-6-3-4-8(7(2)5-6)9-12-10(11)13-14-9/h3-5H,1-2H3. The van der Waals surface area contributed by atoms with Crippen LogP contribution in [-0.4, -0.2) is 10.1 Å². The summed E-state index contributed by atoms with van der Waals surface area (Å²) in [6, 6.07) is 6.02. The normalized spacial score (nSPS) is 10.5. The molecule has 4 heteroatoms. The van der Waals surface area contributed by atoms with E-state index in [4.69, 9.17) is 16.1 Å². The zero-order valence-corrected chi connectivity index (χ0v) is 8.67. The molecule has 0 fully saturated rings. The molecule has 14 heavy (non-hydrogen) atoms. The first-order chi connectivity index (χ1) is 6.66. The monoisotopic (exact) mass is 208 g/mol. The number of aryl methyl sites for hydroxylation is 2. The van der Waals surface area contributed by atoms with Crippen molar-refractivity contribution in [2.24, 2.45) is 0 Å². The highest BCUT2D eigenvalue weighted by Gasteiger charge is 2.09. The van der Waals surface area contributed by atoms with Gasteiger partial charge in [0.15, 0.2) is 0 Å². The predicted octanol–water partition coefficient (Wildman–Crippen LogP) is 3.01. The van der Waals surface area contributed by atoms with Gasteiger partial charge < -0.3 is 4.52 Å². The SMILES string of the molecule is Cc1ccc(-c2nc(Cl)no2)c(C)c1. The molecule has 0 aliphatic rings. The first-order valence-electron chi connectivity index (χ1n) is 4.23. The molecule has 0 unspecified atom stereocenters. The van der Waals surface area contributed by atoms with Crippen molar-refractivity contribution in [2.75, 3.05) is 0 Å². The maximum atomic E-state index is 5.58.